The fourth-order valence-electron chi connectivity index (χ4n) is 1.77. The number of carboxylic acid groups (broad SMARTS) is 1. The third-order valence-electron chi connectivity index (χ3n) is 2.69. The van der Waals surface area contributed by atoms with Crippen molar-refractivity contribution in [3.63, 3.8) is 0 Å². The molecule has 0 spiro atoms. The Kier molecular flexibility index (Phi) is 3.13. The molecule has 1 aliphatic heterocycles. The van der Waals surface area contributed by atoms with Crippen LogP contribution in [0.5, 0.6) is 0 Å². The number of hydrogen-bond acceptors (Lipinski definition) is 3. The summed E-state index contributed by atoms with van der Waals surface area (Å²) in [6.07, 6.45) is 1.76. The number of carboxylic acids is 1. The highest BCUT2D eigenvalue weighted by Gasteiger charge is 2.25. The molecule has 0 aromatic heterocycles. The first-order chi connectivity index (χ1) is 7.99. The van der Waals surface area contributed by atoms with Crippen molar-refractivity contribution in [3.05, 3.63) is 28.5 Å². The summed E-state index contributed by atoms with van der Waals surface area (Å²) in [5, 5.41) is 8.73. The Morgan fingerprint density at radius 2 is 2.35 bits per heavy atom. The molecule has 0 fully saturated rings. The van der Waals surface area contributed by atoms with E-state index < -0.39 is 17.8 Å². The maximum Gasteiger partial charge on any atom is 0.320 e. The highest BCUT2D eigenvalue weighted by Crippen LogP contribution is 2.37. The largest absolute Gasteiger partial charge is 0.480 e. The van der Waals surface area contributed by atoms with Gasteiger partial charge in [-0.2, -0.15) is 0 Å². The fraction of sp³-hybridized carbons (Fsp3) is 0.273. The van der Waals surface area contributed by atoms with E-state index in [0.717, 1.165) is 0 Å². The average molecular weight is 257 g/mol. The average Bonchev–Trinajstić information content (AvgIpc) is 2.62. The van der Waals surface area contributed by atoms with Crippen molar-refractivity contribution < 1.29 is 14.3 Å². The monoisotopic (exact) mass is 256 g/mol. The van der Waals surface area contributed by atoms with Gasteiger partial charge in [0.05, 0.1) is 10.7 Å². The van der Waals surface area contributed by atoms with Gasteiger partial charge >= 0.3 is 5.97 Å². The summed E-state index contributed by atoms with van der Waals surface area (Å²) in [5.41, 5.74) is 6.64. The fourth-order valence-corrected chi connectivity index (χ4v) is 1.93. The minimum atomic E-state index is -1.08. The molecule has 4 nitrogen and oxygen atoms in total. The van der Waals surface area contributed by atoms with Crippen LogP contribution >= 0.6 is 11.6 Å². The lowest BCUT2D eigenvalue weighted by atomic mass is 9.94. The van der Waals surface area contributed by atoms with Crippen molar-refractivity contribution in [2.75, 3.05) is 0 Å². The Morgan fingerprint density at radius 1 is 1.65 bits per heavy atom. The van der Waals surface area contributed by atoms with Gasteiger partial charge in [-0.25, -0.2) is 4.39 Å². The minimum absolute atomic E-state index is 0.00378. The van der Waals surface area contributed by atoms with Crippen LogP contribution in [-0.2, 0) is 4.79 Å². The smallest absolute Gasteiger partial charge is 0.320 e. The summed E-state index contributed by atoms with van der Waals surface area (Å²) in [7, 11) is 0. The van der Waals surface area contributed by atoms with Crippen LogP contribution in [0.3, 0.4) is 0 Å². The zero-order chi connectivity index (χ0) is 12.6. The first-order valence-corrected chi connectivity index (χ1v) is 5.38. The van der Waals surface area contributed by atoms with Crippen LogP contribution in [-0.4, -0.2) is 23.3 Å². The van der Waals surface area contributed by atoms with Gasteiger partial charge in [-0.1, -0.05) is 11.6 Å². The van der Waals surface area contributed by atoms with E-state index in [1.54, 1.807) is 6.21 Å². The van der Waals surface area contributed by atoms with Gasteiger partial charge in [0.2, 0.25) is 0 Å². The summed E-state index contributed by atoms with van der Waals surface area (Å²) >= 11 is 5.63. The molecule has 0 aliphatic carbocycles. The summed E-state index contributed by atoms with van der Waals surface area (Å²) < 4.78 is 13.3. The lowest BCUT2D eigenvalue weighted by Gasteiger charge is -2.12. The number of carbonyl (C=O) groups is 1. The molecular weight excluding hydrogens is 247 g/mol. The molecule has 2 atom stereocenters. The normalized spacial score (nSPS) is 19.1. The number of aliphatic imine (C=N–C) groups is 1. The van der Waals surface area contributed by atoms with Crippen LogP contribution in [0.1, 0.15) is 17.9 Å². The van der Waals surface area contributed by atoms with Crippen LogP contribution in [0.2, 0.25) is 5.02 Å². The number of fused-ring (bicyclic) bond motifs is 1. The Bertz CT molecular complexity index is 504. The van der Waals surface area contributed by atoms with E-state index in [1.165, 1.54) is 12.1 Å². The number of hydrogen-bond donors (Lipinski definition) is 2. The zero-order valence-corrected chi connectivity index (χ0v) is 9.49. The predicted molar refractivity (Wildman–Crippen MR) is 62.5 cm³/mol. The molecule has 1 heterocycles. The van der Waals surface area contributed by atoms with Crippen LogP contribution in [0.25, 0.3) is 0 Å². The molecule has 6 heteroatoms. The van der Waals surface area contributed by atoms with Crippen molar-refractivity contribution in [1.29, 1.82) is 0 Å². The van der Waals surface area contributed by atoms with Gasteiger partial charge < -0.3 is 10.8 Å². The van der Waals surface area contributed by atoms with Gasteiger partial charge in [0.1, 0.15) is 11.9 Å². The van der Waals surface area contributed by atoms with Crippen LogP contribution in [0.15, 0.2) is 17.1 Å². The second-order valence-corrected chi connectivity index (χ2v) is 4.30. The predicted octanol–water partition coefficient (Wildman–Crippen LogP) is 2.08. The number of nitrogens with zero attached hydrogens (tertiary/aromatic N) is 1. The van der Waals surface area contributed by atoms with Gasteiger partial charge in [0.15, 0.2) is 0 Å². The molecule has 90 valence electrons. The topological polar surface area (TPSA) is 75.7 Å². The third kappa shape index (κ3) is 2.30. The maximum absolute atomic E-state index is 13.3. The Labute approximate surface area is 102 Å². The van der Waals surface area contributed by atoms with Gasteiger partial charge in [-0.3, -0.25) is 9.79 Å². The Balaban J connectivity index is 2.25. The molecule has 0 amide bonds. The van der Waals surface area contributed by atoms with Gasteiger partial charge in [0, 0.05) is 12.1 Å². The molecule has 1 aromatic rings. The number of rotatable bonds is 3. The molecule has 0 radical (unpaired) electrons. The van der Waals surface area contributed by atoms with Crippen molar-refractivity contribution in [1.82, 2.24) is 0 Å². The van der Waals surface area contributed by atoms with E-state index in [9.17, 15) is 9.18 Å². The molecule has 1 aliphatic rings. The van der Waals surface area contributed by atoms with Crippen LogP contribution < -0.4 is 5.73 Å². The molecule has 3 N–H and O–H groups in total. The summed E-state index contributed by atoms with van der Waals surface area (Å²) in [6, 6.07) is 1.72. The van der Waals surface area contributed by atoms with E-state index in [1.807, 2.05) is 0 Å². The number of benzene rings is 1. The lowest BCUT2D eigenvalue weighted by Crippen LogP contribution is -2.31. The van der Waals surface area contributed by atoms with E-state index in [2.05, 4.69) is 4.99 Å². The highest BCUT2D eigenvalue weighted by molar-refractivity contribution is 6.31. The molecular formula is C11H10ClFN2O2. The van der Waals surface area contributed by atoms with Crippen molar-refractivity contribution in [3.8, 4) is 0 Å². The van der Waals surface area contributed by atoms with Gasteiger partial charge in [-0.05, 0) is 24.1 Å². The maximum atomic E-state index is 13.3. The molecule has 0 saturated carbocycles. The molecule has 0 bridgehead atoms. The number of halogens is 2. The quantitative estimate of drug-likeness (QED) is 0.869. The minimum Gasteiger partial charge on any atom is -0.480 e. The molecule has 17 heavy (non-hydrogen) atoms. The summed E-state index contributed by atoms with van der Waals surface area (Å²) in [6.45, 7) is 0. The lowest BCUT2D eigenvalue weighted by molar-refractivity contribution is -0.138. The highest BCUT2D eigenvalue weighted by atomic mass is 35.5. The zero-order valence-electron chi connectivity index (χ0n) is 8.73. The Morgan fingerprint density at radius 3 is 3.00 bits per heavy atom. The first kappa shape index (κ1) is 12.0. The van der Waals surface area contributed by atoms with Gasteiger partial charge in [-0.15, -0.1) is 0 Å². The van der Waals surface area contributed by atoms with Crippen molar-refractivity contribution >= 4 is 29.5 Å². The van der Waals surface area contributed by atoms with Gasteiger partial charge in [0.25, 0.3) is 0 Å². The first-order valence-electron chi connectivity index (χ1n) is 5.00. The summed E-state index contributed by atoms with van der Waals surface area (Å²) in [4.78, 5) is 14.7. The second-order valence-electron chi connectivity index (χ2n) is 3.89. The SMILES string of the molecule is N[C@H](CC1C=Nc2cc(Cl)c(F)cc21)C(=O)O. The Hall–Kier alpha value is -1.46. The number of aliphatic carboxylic acids is 1. The van der Waals surface area contributed by atoms with Crippen molar-refractivity contribution in [2.24, 2.45) is 10.7 Å². The standard InChI is InChI=1S/C11H10ClFN2O2/c12-7-3-10-6(2-8(7)13)5(4-15-10)1-9(14)11(16)17/h2-5,9H,1,14H2,(H,16,17)/t5?,9-/m1/s1. The molecule has 1 unspecified atom stereocenters. The van der Waals surface area contributed by atoms with Crippen LogP contribution in [0.4, 0.5) is 10.1 Å². The molecule has 0 saturated heterocycles. The van der Waals surface area contributed by atoms with E-state index in [0.29, 0.717) is 11.3 Å². The third-order valence-corrected chi connectivity index (χ3v) is 2.98. The molecule has 2 rings (SSSR count). The van der Waals surface area contributed by atoms with Crippen LogP contribution in [0, 0.1) is 5.82 Å². The van der Waals surface area contributed by atoms with E-state index in [4.69, 9.17) is 22.4 Å². The van der Waals surface area contributed by atoms with E-state index in [-0.39, 0.29) is 17.4 Å². The summed E-state index contributed by atoms with van der Waals surface area (Å²) in [5.74, 6) is -1.89. The van der Waals surface area contributed by atoms with E-state index >= 15 is 0 Å². The second kappa shape index (κ2) is 4.43. The van der Waals surface area contributed by atoms with Crippen molar-refractivity contribution in [2.45, 2.75) is 18.4 Å². The molecule has 1 aromatic carbocycles. The number of nitrogens with two attached hydrogens (primary N) is 1.